The topological polar surface area (TPSA) is 54.9 Å². The largest absolute Gasteiger partial charge is 0.382 e. The maximum atomic E-state index is 5.44. The van der Waals surface area contributed by atoms with Crippen LogP contribution in [0.4, 0.5) is 0 Å². The number of aliphatic imine (C=N–C) groups is 1. The van der Waals surface area contributed by atoms with Crippen LogP contribution in [-0.4, -0.2) is 52.5 Å². The Morgan fingerprint density at radius 3 is 2.54 bits per heavy atom. The lowest BCUT2D eigenvalue weighted by atomic mass is 10.0. The van der Waals surface area contributed by atoms with Crippen LogP contribution in [0, 0.1) is 5.92 Å². The smallest absolute Gasteiger partial charge is 0.191 e. The second-order valence-electron chi connectivity index (χ2n) is 6.29. The van der Waals surface area contributed by atoms with Crippen LogP contribution < -0.4 is 10.6 Å². The lowest BCUT2D eigenvalue weighted by Gasteiger charge is -2.12. The van der Waals surface area contributed by atoms with Gasteiger partial charge in [-0.15, -0.1) is 24.0 Å². The van der Waals surface area contributed by atoms with Crippen molar-refractivity contribution in [2.45, 2.75) is 58.3 Å². The van der Waals surface area contributed by atoms with E-state index in [4.69, 9.17) is 9.47 Å². The van der Waals surface area contributed by atoms with Crippen LogP contribution in [0.3, 0.4) is 0 Å². The van der Waals surface area contributed by atoms with Gasteiger partial charge < -0.3 is 20.1 Å². The monoisotopic (exact) mass is 455 g/mol. The molecule has 0 bridgehead atoms. The van der Waals surface area contributed by atoms with Gasteiger partial charge in [0, 0.05) is 33.4 Å². The van der Waals surface area contributed by atoms with Crippen molar-refractivity contribution in [3.8, 4) is 0 Å². The zero-order valence-electron chi connectivity index (χ0n) is 15.6. The fourth-order valence-electron chi connectivity index (χ4n) is 3.01. The van der Waals surface area contributed by atoms with Crippen molar-refractivity contribution in [3.05, 3.63) is 0 Å². The molecule has 0 unspecified atom stereocenters. The Hall–Kier alpha value is -0.0800. The molecule has 6 heteroatoms. The van der Waals surface area contributed by atoms with E-state index in [1.165, 1.54) is 44.9 Å². The van der Waals surface area contributed by atoms with E-state index in [0.29, 0.717) is 13.2 Å². The van der Waals surface area contributed by atoms with Crippen LogP contribution in [0.2, 0.25) is 0 Å². The number of hydrogen-bond acceptors (Lipinski definition) is 3. The average molecular weight is 455 g/mol. The predicted octanol–water partition coefficient (Wildman–Crippen LogP) is 3.57. The van der Waals surface area contributed by atoms with E-state index >= 15 is 0 Å². The lowest BCUT2D eigenvalue weighted by molar-refractivity contribution is 0.0702. The summed E-state index contributed by atoms with van der Waals surface area (Å²) in [5.41, 5.74) is 0. The molecule has 0 aliphatic heterocycles. The van der Waals surface area contributed by atoms with E-state index in [0.717, 1.165) is 44.5 Å². The van der Waals surface area contributed by atoms with Gasteiger partial charge in [-0.1, -0.05) is 38.5 Å². The van der Waals surface area contributed by atoms with Gasteiger partial charge in [0.25, 0.3) is 0 Å². The van der Waals surface area contributed by atoms with Crippen LogP contribution in [0.25, 0.3) is 0 Å². The van der Waals surface area contributed by atoms with Crippen molar-refractivity contribution < 1.29 is 9.47 Å². The molecule has 1 aliphatic carbocycles. The Bertz CT molecular complexity index is 298. The molecule has 24 heavy (non-hydrogen) atoms. The van der Waals surface area contributed by atoms with Crippen molar-refractivity contribution in [2.75, 3.05) is 46.6 Å². The van der Waals surface area contributed by atoms with Crippen LogP contribution in [0.1, 0.15) is 58.3 Å². The highest BCUT2D eigenvalue weighted by Gasteiger charge is 2.13. The Morgan fingerprint density at radius 1 is 1.04 bits per heavy atom. The lowest BCUT2D eigenvalue weighted by Crippen LogP contribution is -2.37. The Kier molecular flexibility index (Phi) is 17.7. The first kappa shape index (κ1) is 23.9. The average Bonchev–Trinajstić information content (AvgIpc) is 3.07. The molecular weight excluding hydrogens is 417 g/mol. The third-order valence-corrected chi connectivity index (χ3v) is 4.30. The molecule has 5 nitrogen and oxygen atoms in total. The van der Waals surface area contributed by atoms with E-state index in [-0.39, 0.29) is 24.0 Å². The van der Waals surface area contributed by atoms with E-state index in [9.17, 15) is 0 Å². The number of nitrogens with one attached hydrogen (secondary N) is 2. The molecule has 0 aromatic rings. The maximum absolute atomic E-state index is 5.44. The summed E-state index contributed by atoms with van der Waals surface area (Å²) >= 11 is 0. The molecule has 0 saturated heterocycles. The zero-order valence-corrected chi connectivity index (χ0v) is 18.0. The Balaban J connectivity index is 0.00000529. The van der Waals surface area contributed by atoms with Gasteiger partial charge >= 0.3 is 0 Å². The zero-order chi connectivity index (χ0) is 16.6. The highest BCUT2D eigenvalue weighted by Crippen LogP contribution is 2.28. The number of hydrogen-bond donors (Lipinski definition) is 2. The SMILES string of the molecule is CCNC(=NCCCOCCOC)NCCCCC1CCCC1.I. The molecule has 0 heterocycles. The van der Waals surface area contributed by atoms with Crippen molar-refractivity contribution >= 4 is 29.9 Å². The minimum absolute atomic E-state index is 0. The van der Waals surface area contributed by atoms with Gasteiger partial charge in [0.15, 0.2) is 5.96 Å². The second-order valence-corrected chi connectivity index (χ2v) is 6.29. The quantitative estimate of drug-likeness (QED) is 0.193. The molecule has 2 N–H and O–H groups in total. The summed E-state index contributed by atoms with van der Waals surface area (Å²) in [6.45, 7) is 6.89. The van der Waals surface area contributed by atoms with Crippen molar-refractivity contribution in [1.82, 2.24) is 10.6 Å². The van der Waals surface area contributed by atoms with Gasteiger partial charge in [-0.05, 0) is 25.7 Å². The maximum Gasteiger partial charge on any atom is 0.191 e. The standard InChI is InChI=1S/C18H37N3O2.HI/c1-3-19-18(21-13-8-14-23-16-15-22-2)20-12-7-6-11-17-9-4-5-10-17;/h17H,3-16H2,1-2H3,(H2,19,20,21);1H. The van der Waals surface area contributed by atoms with E-state index < -0.39 is 0 Å². The van der Waals surface area contributed by atoms with Crippen LogP contribution in [0.5, 0.6) is 0 Å². The van der Waals surface area contributed by atoms with Crippen LogP contribution in [0.15, 0.2) is 4.99 Å². The fraction of sp³-hybridized carbons (Fsp3) is 0.944. The summed E-state index contributed by atoms with van der Waals surface area (Å²) in [6, 6.07) is 0. The summed E-state index contributed by atoms with van der Waals surface area (Å²) < 4.78 is 10.4. The van der Waals surface area contributed by atoms with E-state index in [2.05, 4.69) is 22.5 Å². The Labute approximate surface area is 165 Å². The fourth-order valence-corrected chi connectivity index (χ4v) is 3.01. The highest BCUT2D eigenvalue weighted by atomic mass is 127. The molecule has 144 valence electrons. The van der Waals surface area contributed by atoms with E-state index in [1.54, 1.807) is 7.11 Å². The highest BCUT2D eigenvalue weighted by molar-refractivity contribution is 14.0. The first-order valence-electron chi connectivity index (χ1n) is 9.45. The van der Waals surface area contributed by atoms with Gasteiger partial charge in [-0.3, -0.25) is 4.99 Å². The second kappa shape index (κ2) is 17.7. The van der Waals surface area contributed by atoms with Gasteiger partial charge in [0.1, 0.15) is 0 Å². The number of methoxy groups -OCH3 is 1. The third kappa shape index (κ3) is 13.2. The number of halogens is 1. The van der Waals surface area contributed by atoms with Crippen LogP contribution in [-0.2, 0) is 9.47 Å². The van der Waals surface area contributed by atoms with Gasteiger partial charge in [-0.2, -0.15) is 0 Å². The van der Waals surface area contributed by atoms with Crippen molar-refractivity contribution in [1.29, 1.82) is 0 Å². The first-order valence-corrected chi connectivity index (χ1v) is 9.45. The number of ether oxygens (including phenoxy) is 2. The molecule has 1 rings (SSSR count). The summed E-state index contributed by atoms with van der Waals surface area (Å²) in [7, 11) is 1.69. The molecule has 0 aromatic carbocycles. The number of nitrogens with zero attached hydrogens (tertiary/aromatic N) is 1. The Morgan fingerprint density at radius 2 is 1.83 bits per heavy atom. The summed E-state index contributed by atoms with van der Waals surface area (Å²) in [6.07, 6.45) is 10.8. The van der Waals surface area contributed by atoms with Gasteiger partial charge in [0.05, 0.1) is 13.2 Å². The summed E-state index contributed by atoms with van der Waals surface area (Å²) in [5.74, 6) is 1.94. The molecule has 0 atom stereocenters. The molecule has 1 aliphatic rings. The molecule has 1 fully saturated rings. The molecule has 1 saturated carbocycles. The molecule has 0 spiro atoms. The molecule has 0 amide bonds. The normalized spacial score (nSPS) is 15.3. The summed E-state index contributed by atoms with van der Waals surface area (Å²) in [5, 5.41) is 6.74. The van der Waals surface area contributed by atoms with Gasteiger partial charge in [0.2, 0.25) is 0 Å². The van der Waals surface area contributed by atoms with Crippen molar-refractivity contribution in [3.63, 3.8) is 0 Å². The predicted molar refractivity (Wildman–Crippen MR) is 113 cm³/mol. The van der Waals surface area contributed by atoms with E-state index in [1.807, 2.05) is 0 Å². The first-order chi connectivity index (χ1) is 11.4. The molecular formula is C18H38IN3O2. The minimum Gasteiger partial charge on any atom is -0.382 e. The third-order valence-electron chi connectivity index (χ3n) is 4.30. The molecule has 0 aromatic heterocycles. The number of unbranched alkanes of at least 4 members (excludes halogenated alkanes) is 1. The number of guanidine groups is 1. The number of rotatable bonds is 13. The summed E-state index contributed by atoms with van der Waals surface area (Å²) in [4.78, 5) is 4.59. The van der Waals surface area contributed by atoms with Crippen LogP contribution >= 0.6 is 24.0 Å². The minimum atomic E-state index is 0. The molecule has 0 radical (unpaired) electrons. The van der Waals surface area contributed by atoms with Crippen molar-refractivity contribution in [2.24, 2.45) is 10.9 Å². The van der Waals surface area contributed by atoms with Gasteiger partial charge in [-0.25, -0.2) is 0 Å².